The van der Waals surface area contributed by atoms with Crippen LogP contribution in [0.2, 0.25) is 0 Å². The Hall–Kier alpha value is -5.74. The Morgan fingerprint density at radius 1 is 0.406 bits per heavy atom. The predicted molar refractivity (Wildman–Crippen MR) is 269 cm³/mol. The third-order valence-electron chi connectivity index (χ3n) is 13.9. The lowest BCUT2D eigenvalue weighted by molar-refractivity contribution is 0.164. The van der Waals surface area contributed by atoms with Gasteiger partial charge in [-0.2, -0.15) is 0 Å². The highest BCUT2D eigenvalue weighted by Crippen LogP contribution is 2.46. The molecule has 330 valence electrons. The van der Waals surface area contributed by atoms with Gasteiger partial charge in [-0.1, -0.05) is 141 Å². The molecule has 2 aliphatic carbocycles. The fraction of sp³-hybridized carbons (Fsp3) is 0.367. The van der Waals surface area contributed by atoms with Gasteiger partial charge >= 0.3 is 0 Å². The monoisotopic (exact) mass is 850 g/mol. The van der Waals surface area contributed by atoms with Crippen molar-refractivity contribution in [2.75, 3.05) is 0 Å². The molecule has 2 unspecified atom stereocenters. The van der Waals surface area contributed by atoms with Crippen molar-refractivity contribution >= 4 is 54.8 Å². The van der Waals surface area contributed by atoms with E-state index in [1.165, 1.54) is 117 Å². The summed E-state index contributed by atoms with van der Waals surface area (Å²) in [4.78, 5) is 0. The average molecular weight is 851 g/mol. The van der Waals surface area contributed by atoms with E-state index in [-0.39, 0.29) is 0 Å². The summed E-state index contributed by atoms with van der Waals surface area (Å²) in [5.74, 6) is 5.36. The maximum Gasteiger partial charge on any atom is 0.135 e. The molecule has 4 heteroatoms. The largest absolute Gasteiger partial charge is 0.489 e. The molecule has 3 aliphatic rings. The first kappa shape index (κ1) is 43.5. The van der Waals surface area contributed by atoms with Crippen molar-refractivity contribution in [3.63, 3.8) is 0 Å². The van der Waals surface area contributed by atoms with Crippen molar-refractivity contribution in [2.24, 2.45) is 0 Å². The third-order valence-corrected chi connectivity index (χ3v) is 13.9. The number of furan rings is 3. The summed E-state index contributed by atoms with van der Waals surface area (Å²) in [5, 5.41) is 6.19. The first-order chi connectivity index (χ1) is 31.0. The second kappa shape index (κ2) is 18.8. The van der Waals surface area contributed by atoms with Gasteiger partial charge in [-0.3, -0.25) is 0 Å². The number of hydrogen-bond acceptors (Lipinski definition) is 4. The van der Waals surface area contributed by atoms with Crippen LogP contribution in [-0.2, 0) is 12.8 Å². The number of benzene rings is 6. The molecule has 4 heterocycles. The molecule has 1 saturated carbocycles. The van der Waals surface area contributed by atoms with E-state index in [9.17, 15) is 0 Å². The van der Waals surface area contributed by atoms with E-state index in [1.807, 2.05) is 30.3 Å². The summed E-state index contributed by atoms with van der Waals surface area (Å²) in [7, 11) is 0. The molecule has 9 aromatic rings. The van der Waals surface area contributed by atoms with Crippen LogP contribution in [0.1, 0.15) is 163 Å². The summed E-state index contributed by atoms with van der Waals surface area (Å²) in [6.45, 7) is 17.8. The lowest BCUT2D eigenvalue weighted by atomic mass is 9.83. The Labute approximate surface area is 380 Å². The second-order valence-electron chi connectivity index (χ2n) is 19.6. The zero-order valence-electron chi connectivity index (χ0n) is 39.3. The van der Waals surface area contributed by atoms with Crippen LogP contribution in [-0.4, -0.2) is 6.10 Å². The van der Waals surface area contributed by atoms with Crippen LogP contribution in [0.3, 0.4) is 0 Å². The molecule has 0 saturated heterocycles. The highest BCUT2D eigenvalue weighted by Gasteiger charge is 2.36. The van der Waals surface area contributed by atoms with Gasteiger partial charge in [-0.25, -0.2) is 0 Å². The second-order valence-corrected chi connectivity index (χ2v) is 19.6. The molecule has 3 aromatic heterocycles. The topological polar surface area (TPSA) is 48.7 Å². The van der Waals surface area contributed by atoms with Crippen LogP contribution in [0.5, 0.6) is 5.75 Å². The first-order valence-electron chi connectivity index (χ1n) is 24.2. The standard InChI is InChI=1S/C15H14O.C15H20O.C15H18O.C15H14O/c1-10(2)11-7-8-15-13(9-11)12-5-3-4-6-14(12)16-15;3*1-10(2)11-7-8-13-12-5-3-4-6-14(12)16-15(13)9-11/h3-10H,1-2H3;7-10,12,14H,3-6H2,1-2H3;7-10H,3-6H2,1-2H3;3-10H,1-2H3. The molecule has 0 N–H and O–H groups in total. The summed E-state index contributed by atoms with van der Waals surface area (Å²) in [6.07, 6.45) is 10.7. The van der Waals surface area contributed by atoms with E-state index in [4.69, 9.17) is 18.0 Å². The smallest absolute Gasteiger partial charge is 0.135 e. The number of aryl methyl sites for hydroxylation is 2. The Morgan fingerprint density at radius 2 is 0.906 bits per heavy atom. The minimum absolute atomic E-state index is 0.478. The van der Waals surface area contributed by atoms with Gasteiger partial charge in [0.25, 0.3) is 0 Å². The average Bonchev–Trinajstić information content (AvgIpc) is 4.08. The fourth-order valence-electron chi connectivity index (χ4n) is 9.92. The van der Waals surface area contributed by atoms with E-state index < -0.39 is 0 Å². The number of hydrogen-bond donors (Lipinski definition) is 0. The molecule has 1 fully saturated rings. The first-order valence-corrected chi connectivity index (χ1v) is 24.2. The highest BCUT2D eigenvalue weighted by atomic mass is 16.5. The van der Waals surface area contributed by atoms with E-state index >= 15 is 0 Å². The number of rotatable bonds is 4. The molecule has 0 spiro atoms. The van der Waals surface area contributed by atoms with Crippen molar-refractivity contribution in [3.8, 4) is 5.75 Å². The molecule has 1 aliphatic heterocycles. The zero-order chi connectivity index (χ0) is 44.5. The molecule has 0 amide bonds. The van der Waals surface area contributed by atoms with Crippen molar-refractivity contribution in [3.05, 3.63) is 160 Å². The molecule has 64 heavy (non-hydrogen) atoms. The Balaban J connectivity index is 0.000000108. The van der Waals surface area contributed by atoms with Gasteiger partial charge in [-0.15, -0.1) is 0 Å². The van der Waals surface area contributed by atoms with Gasteiger partial charge in [0.15, 0.2) is 0 Å². The van der Waals surface area contributed by atoms with Gasteiger partial charge in [0.1, 0.15) is 45.5 Å². The molecule has 6 aromatic carbocycles. The van der Waals surface area contributed by atoms with Crippen molar-refractivity contribution in [2.45, 2.75) is 142 Å². The maximum absolute atomic E-state index is 6.10. The molecule has 0 radical (unpaired) electrons. The Bertz CT molecular complexity index is 3020. The van der Waals surface area contributed by atoms with Crippen LogP contribution in [0.15, 0.2) is 135 Å². The fourth-order valence-corrected chi connectivity index (χ4v) is 9.92. The summed E-state index contributed by atoms with van der Waals surface area (Å²) in [5.41, 5.74) is 13.4. The van der Waals surface area contributed by atoms with Gasteiger partial charge in [0.05, 0.1) is 0 Å². The summed E-state index contributed by atoms with van der Waals surface area (Å²) in [6, 6.07) is 42.9. The molecular formula is C60H66O4. The van der Waals surface area contributed by atoms with E-state index in [0.717, 1.165) is 34.3 Å². The molecule has 2 atom stereocenters. The highest BCUT2D eigenvalue weighted by molar-refractivity contribution is 6.05. The van der Waals surface area contributed by atoms with Gasteiger partial charge < -0.3 is 18.0 Å². The molecular weight excluding hydrogens is 785 g/mol. The van der Waals surface area contributed by atoms with Crippen LogP contribution in [0, 0.1) is 0 Å². The zero-order valence-corrected chi connectivity index (χ0v) is 39.3. The number of para-hydroxylation sites is 2. The van der Waals surface area contributed by atoms with Crippen LogP contribution in [0.4, 0.5) is 0 Å². The van der Waals surface area contributed by atoms with E-state index in [1.54, 1.807) is 0 Å². The van der Waals surface area contributed by atoms with Crippen LogP contribution in [0.25, 0.3) is 54.8 Å². The normalized spacial score (nSPS) is 16.6. The van der Waals surface area contributed by atoms with Gasteiger partial charge in [-0.05, 0) is 127 Å². The van der Waals surface area contributed by atoms with Crippen LogP contribution < -0.4 is 4.74 Å². The quantitative estimate of drug-likeness (QED) is 0.177. The Morgan fingerprint density at radius 3 is 1.59 bits per heavy atom. The lowest BCUT2D eigenvalue weighted by Gasteiger charge is -2.23. The van der Waals surface area contributed by atoms with Crippen molar-refractivity contribution < 1.29 is 18.0 Å². The van der Waals surface area contributed by atoms with Gasteiger partial charge in [0, 0.05) is 50.4 Å². The summed E-state index contributed by atoms with van der Waals surface area (Å²) >= 11 is 0. The molecule has 12 rings (SSSR count). The van der Waals surface area contributed by atoms with Crippen molar-refractivity contribution in [1.29, 1.82) is 0 Å². The lowest BCUT2D eigenvalue weighted by Crippen LogP contribution is -2.22. The predicted octanol–water partition coefficient (Wildman–Crippen LogP) is 18.1. The SMILES string of the molecule is CC(C)c1ccc2c(c1)OC1CCCCC21.CC(C)c1ccc2c(c1)oc1ccccc12.CC(C)c1ccc2c3c(oc2c1)CCCC3.CC(C)c1ccc2oc3ccccc3c2c1. The molecule has 4 nitrogen and oxygen atoms in total. The number of fused-ring (bicyclic) bond motifs is 12. The van der Waals surface area contributed by atoms with E-state index in [2.05, 4.69) is 146 Å². The minimum Gasteiger partial charge on any atom is -0.489 e. The molecule has 0 bridgehead atoms. The Kier molecular flexibility index (Phi) is 12.8. The van der Waals surface area contributed by atoms with Crippen molar-refractivity contribution in [1.82, 2.24) is 0 Å². The maximum atomic E-state index is 6.10. The van der Waals surface area contributed by atoms with E-state index in [0.29, 0.717) is 35.7 Å². The van der Waals surface area contributed by atoms with Crippen LogP contribution >= 0.6 is 0 Å². The summed E-state index contributed by atoms with van der Waals surface area (Å²) < 4.78 is 23.7. The van der Waals surface area contributed by atoms with Gasteiger partial charge in [0.2, 0.25) is 0 Å². The number of ether oxygens (including phenoxy) is 1. The minimum atomic E-state index is 0.478. The third kappa shape index (κ3) is 8.99.